The lowest BCUT2D eigenvalue weighted by molar-refractivity contribution is -0.146. The molecule has 0 bridgehead atoms. The van der Waals surface area contributed by atoms with Gasteiger partial charge in [0.1, 0.15) is 16.2 Å². The first kappa shape index (κ1) is 19.0. The van der Waals surface area contributed by atoms with Crippen molar-refractivity contribution in [3.8, 4) is 0 Å². The first-order valence-electron chi connectivity index (χ1n) is 8.33. The molecule has 27 heavy (non-hydrogen) atoms. The summed E-state index contributed by atoms with van der Waals surface area (Å²) in [4.78, 5) is 25.7. The van der Waals surface area contributed by atoms with E-state index in [4.69, 9.17) is 4.74 Å². The Morgan fingerprint density at radius 1 is 1.30 bits per heavy atom. The highest BCUT2D eigenvalue weighted by Gasteiger charge is 2.31. The Bertz CT molecular complexity index is 1010. The van der Waals surface area contributed by atoms with E-state index < -0.39 is 11.5 Å². The summed E-state index contributed by atoms with van der Waals surface area (Å²) in [6, 6.07) is 8.00. The number of nitrogens with zero attached hydrogens (tertiary/aromatic N) is 2. The smallest absolute Gasteiger partial charge is 0.330 e. The summed E-state index contributed by atoms with van der Waals surface area (Å²) in [5, 5.41) is 8.08. The molecule has 0 fully saturated rings. The lowest BCUT2D eigenvalue weighted by atomic mass is 10.1. The van der Waals surface area contributed by atoms with E-state index in [9.17, 15) is 14.0 Å². The molecule has 0 aliphatic rings. The van der Waals surface area contributed by atoms with Crippen LogP contribution in [0.2, 0.25) is 0 Å². The molecule has 1 N–H and O–H groups in total. The zero-order valence-electron chi connectivity index (χ0n) is 15.5. The van der Waals surface area contributed by atoms with Gasteiger partial charge >= 0.3 is 5.97 Å². The number of benzene rings is 1. The monoisotopic (exact) mass is 389 g/mol. The summed E-state index contributed by atoms with van der Waals surface area (Å²) in [7, 11) is 1.28. The molecular weight excluding hydrogens is 369 g/mol. The molecule has 0 aliphatic carbocycles. The molecular formula is C19H20FN3O3S. The maximum atomic E-state index is 13.1. The highest BCUT2D eigenvalue weighted by molar-refractivity contribution is 7.20. The van der Waals surface area contributed by atoms with Crippen LogP contribution in [-0.4, -0.2) is 34.3 Å². The molecule has 0 atom stereocenters. The quantitative estimate of drug-likeness (QED) is 0.680. The van der Waals surface area contributed by atoms with E-state index in [1.807, 2.05) is 6.92 Å². The zero-order chi connectivity index (χ0) is 19.8. The summed E-state index contributed by atoms with van der Waals surface area (Å²) in [6.45, 7) is 5.52. The maximum absolute atomic E-state index is 13.1. The molecule has 0 unspecified atom stereocenters. The Morgan fingerprint density at radius 3 is 2.59 bits per heavy atom. The molecule has 0 saturated heterocycles. The Morgan fingerprint density at radius 2 is 1.96 bits per heavy atom. The number of thiophene rings is 1. The molecule has 142 valence electrons. The first-order chi connectivity index (χ1) is 12.7. The van der Waals surface area contributed by atoms with Crippen molar-refractivity contribution in [1.29, 1.82) is 0 Å². The van der Waals surface area contributed by atoms with E-state index in [1.165, 1.54) is 30.6 Å². The molecule has 8 heteroatoms. The minimum Gasteiger partial charge on any atom is -0.467 e. The molecule has 0 radical (unpaired) electrons. The number of hydrogen-bond donors (Lipinski definition) is 1. The Kier molecular flexibility index (Phi) is 5.01. The summed E-state index contributed by atoms with van der Waals surface area (Å²) >= 11 is 1.30. The van der Waals surface area contributed by atoms with E-state index in [-0.39, 0.29) is 11.7 Å². The average Bonchev–Trinajstić information content (AvgIpc) is 3.17. The van der Waals surface area contributed by atoms with Crippen molar-refractivity contribution in [3.05, 3.63) is 52.3 Å². The van der Waals surface area contributed by atoms with Gasteiger partial charge in [0.25, 0.3) is 5.91 Å². The van der Waals surface area contributed by atoms with Gasteiger partial charge < -0.3 is 10.1 Å². The number of nitrogens with one attached hydrogen (secondary N) is 1. The van der Waals surface area contributed by atoms with Gasteiger partial charge in [0.2, 0.25) is 0 Å². The molecule has 3 rings (SSSR count). The lowest BCUT2D eigenvalue weighted by Gasteiger charge is -2.22. The van der Waals surface area contributed by atoms with Gasteiger partial charge in [0.15, 0.2) is 0 Å². The summed E-state index contributed by atoms with van der Waals surface area (Å²) in [6.07, 6.45) is 0. The molecule has 0 saturated carbocycles. The van der Waals surface area contributed by atoms with Crippen LogP contribution >= 0.6 is 11.3 Å². The highest BCUT2D eigenvalue weighted by atomic mass is 32.1. The normalized spacial score (nSPS) is 11.6. The fourth-order valence-corrected chi connectivity index (χ4v) is 3.80. The number of esters is 1. The second-order valence-electron chi connectivity index (χ2n) is 6.77. The molecule has 1 amide bonds. The van der Waals surface area contributed by atoms with Crippen LogP contribution in [0.3, 0.4) is 0 Å². The Balaban J connectivity index is 1.88. The number of ether oxygens (including phenoxy) is 1. The third-order valence-electron chi connectivity index (χ3n) is 4.20. The van der Waals surface area contributed by atoms with Gasteiger partial charge in [0, 0.05) is 5.39 Å². The van der Waals surface area contributed by atoms with Crippen molar-refractivity contribution in [2.24, 2.45) is 0 Å². The molecule has 6 nitrogen and oxygen atoms in total. The number of methoxy groups -OCH3 is 1. The SMILES string of the molecule is COC(=O)C(C)(C)NC(=O)c1cc2c(C)nn(Cc3ccc(F)cc3)c2s1. The number of aromatic nitrogens is 2. The maximum Gasteiger partial charge on any atom is 0.330 e. The summed E-state index contributed by atoms with van der Waals surface area (Å²) in [5.41, 5.74) is 0.582. The number of rotatable bonds is 5. The largest absolute Gasteiger partial charge is 0.467 e. The lowest BCUT2D eigenvalue weighted by Crippen LogP contribution is -2.50. The number of aryl methyl sites for hydroxylation is 1. The molecule has 3 aromatic rings. The highest BCUT2D eigenvalue weighted by Crippen LogP contribution is 2.29. The van der Waals surface area contributed by atoms with Gasteiger partial charge in [-0.05, 0) is 44.5 Å². The van der Waals surface area contributed by atoms with Crippen molar-refractivity contribution in [2.75, 3.05) is 7.11 Å². The van der Waals surface area contributed by atoms with E-state index in [1.54, 1.807) is 36.7 Å². The van der Waals surface area contributed by atoms with Crippen LogP contribution in [0, 0.1) is 12.7 Å². The number of carbonyl (C=O) groups excluding carboxylic acids is 2. The second kappa shape index (κ2) is 7.11. The predicted octanol–water partition coefficient (Wildman–Crippen LogP) is 3.28. The first-order valence-corrected chi connectivity index (χ1v) is 9.15. The minimum atomic E-state index is -1.13. The molecule has 2 aromatic heterocycles. The second-order valence-corrected chi connectivity index (χ2v) is 7.80. The topological polar surface area (TPSA) is 73.2 Å². The van der Waals surface area contributed by atoms with Crippen molar-refractivity contribution in [1.82, 2.24) is 15.1 Å². The Hall–Kier alpha value is -2.74. The van der Waals surface area contributed by atoms with E-state index in [0.29, 0.717) is 11.4 Å². The van der Waals surface area contributed by atoms with Crippen molar-refractivity contribution < 1.29 is 18.7 Å². The van der Waals surface area contributed by atoms with Crippen LogP contribution in [0.5, 0.6) is 0 Å². The van der Waals surface area contributed by atoms with Crippen molar-refractivity contribution in [3.63, 3.8) is 0 Å². The summed E-state index contributed by atoms with van der Waals surface area (Å²) in [5.74, 6) is -1.15. The summed E-state index contributed by atoms with van der Waals surface area (Å²) < 4.78 is 19.6. The van der Waals surface area contributed by atoms with E-state index in [2.05, 4.69) is 10.4 Å². The number of hydrogen-bond acceptors (Lipinski definition) is 5. The third-order valence-corrected chi connectivity index (χ3v) is 5.35. The zero-order valence-corrected chi connectivity index (χ0v) is 16.3. The van der Waals surface area contributed by atoms with Gasteiger partial charge in [0.05, 0.1) is 24.2 Å². The van der Waals surface area contributed by atoms with Gasteiger partial charge in [-0.3, -0.25) is 9.48 Å². The van der Waals surface area contributed by atoms with Crippen LogP contribution in [0.15, 0.2) is 30.3 Å². The van der Waals surface area contributed by atoms with E-state index >= 15 is 0 Å². The van der Waals surface area contributed by atoms with Crippen LogP contribution in [0.1, 0.15) is 34.8 Å². The van der Waals surface area contributed by atoms with Gasteiger partial charge in [-0.15, -0.1) is 11.3 Å². The van der Waals surface area contributed by atoms with Gasteiger partial charge in [-0.1, -0.05) is 12.1 Å². The van der Waals surface area contributed by atoms with E-state index in [0.717, 1.165) is 21.5 Å². The van der Waals surface area contributed by atoms with Gasteiger partial charge in [-0.25, -0.2) is 9.18 Å². The number of carbonyl (C=O) groups is 2. The minimum absolute atomic E-state index is 0.288. The number of fused-ring (bicyclic) bond motifs is 1. The Labute approximate surface area is 159 Å². The third kappa shape index (κ3) is 3.85. The average molecular weight is 389 g/mol. The van der Waals surface area contributed by atoms with Crippen LogP contribution in [-0.2, 0) is 16.1 Å². The fraction of sp³-hybridized carbons (Fsp3) is 0.316. The molecule has 0 aliphatic heterocycles. The molecule has 1 aromatic carbocycles. The van der Waals surface area contributed by atoms with Crippen LogP contribution in [0.25, 0.3) is 10.2 Å². The predicted molar refractivity (Wildman–Crippen MR) is 101 cm³/mol. The molecule has 0 spiro atoms. The van der Waals surface area contributed by atoms with Crippen LogP contribution < -0.4 is 5.32 Å². The van der Waals surface area contributed by atoms with Crippen molar-refractivity contribution in [2.45, 2.75) is 32.9 Å². The standard InChI is InChI=1S/C19H20FN3O3S/c1-11-14-9-15(16(24)21-19(2,3)18(25)26-4)27-17(14)23(22-11)10-12-5-7-13(20)8-6-12/h5-9H,10H2,1-4H3,(H,21,24). The van der Waals surface area contributed by atoms with Crippen LogP contribution in [0.4, 0.5) is 4.39 Å². The number of amides is 1. The number of halogens is 1. The van der Waals surface area contributed by atoms with Crippen molar-refractivity contribution >= 4 is 33.4 Å². The fourth-order valence-electron chi connectivity index (χ4n) is 2.75. The molecule has 2 heterocycles. The van der Waals surface area contributed by atoms with Gasteiger partial charge in [-0.2, -0.15) is 5.10 Å².